The monoisotopic (exact) mass is 390 g/mol. The number of rotatable bonds is 9. The summed E-state index contributed by atoms with van der Waals surface area (Å²) < 4.78 is 36.6. The van der Waals surface area contributed by atoms with Gasteiger partial charge in [-0.2, -0.15) is 0 Å². The van der Waals surface area contributed by atoms with Crippen molar-refractivity contribution in [2.24, 2.45) is 5.92 Å². The smallest absolute Gasteiger partial charge is 0.490 e. The third kappa shape index (κ3) is 5.33. The van der Waals surface area contributed by atoms with Crippen LogP contribution in [0.3, 0.4) is 0 Å². The molecule has 144 valence electrons. The van der Waals surface area contributed by atoms with Crippen LogP contribution in [-0.2, 0) is 18.4 Å². The quantitative estimate of drug-likeness (QED) is 0.256. The highest BCUT2D eigenvalue weighted by Crippen LogP contribution is 2.65. The summed E-state index contributed by atoms with van der Waals surface area (Å²) in [5, 5.41) is 0. The molecule has 2 aliphatic rings. The lowest BCUT2D eigenvalue weighted by Crippen LogP contribution is -2.09. The Balaban J connectivity index is 1.19. The summed E-state index contributed by atoms with van der Waals surface area (Å²) in [6.45, 7) is 1.44. The second-order valence-electron chi connectivity index (χ2n) is 6.85. The topological polar surface area (TPSA) is 69.8 Å². The summed E-state index contributed by atoms with van der Waals surface area (Å²) in [5.41, 5.74) is 1.30. The standard InChI is InChI=1S/C20H23O6P/c21-27(25-26-27)24-15-16-6-7-18(14-16)17-8-10-20(11-9-17)23-13-12-22-19-4-2-1-3-5-19/h1-5,8-11,16,18H,6-7,12-15H2/t16-,18?/m0/s1. The molecule has 1 aliphatic heterocycles. The van der Waals surface area contributed by atoms with E-state index in [-0.39, 0.29) is 0 Å². The second kappa shape index (κ2) is 8.44. The van der Waals surface area contributed by atoms with Crippen LogP contribution in [0.25, 0.3) is 0 Å². The molecule has 1 aliphatic carbocycles. The molecule has 6 nitrogen and oxygen atoms in total. The lowest BCUT2D eigenvalue weighted by molar-refractivity contribution is 0.0850. The van der Waals surface area contributed by atoms with Gasteiger partial charge in [0.25, 0.3) is 0 Å². The van der Waals surface area contributed by atoms with Crippen LogP contribution < -0.4 is 9.47 Å². The number of ether oxygens (including phenoxy) is 2. The van der Waals surface area contributed by atoms with E-state index in [2.05, 4.69) is 21.5 Å². The van der Waals surface area contributed by atoms with Gasteiger partial charge in [0, 0.05) is 0 Å². The van der Waals surface area contributed by atoms with E-state index >= 15 is 0 Å². The van der Waals surface area contributed by atoms with Crippen molar-refractivity contribution >= 4 is 7.82 Å². The Morgan fingerprint density at radius 1 is 0.889 bits per heavy atom. The molecule has 0 spiro atoms. The molecule has 1 saturated heterocycles. The normalized spacial score (nSPS) is 23.1. The van der Waals surface area contributed by atoms with Gasteiger partial charge in [-0.3, -0.25) is 4.52 Å². The van der Waals surface area contributed by atoms with Crippen LogP contribution in [0.2, 0.25) is 0 Å². The number of para-hydroxylation sites is 1. The largest absolute Gasteiger partial charge is 0.530 e. The summed E-state index contributed by atoms with van der Waals surface area (Å²) in [6.07, 6.45) is 3.18. The summed E-state index contributed by atoms with van der Waals surface area (Å²) in [5.74, 6) is 2.58. The van der Waals surface area contributed by atoms with Gasteiger partial charge < -0.3 is 9.47 Å². The Kier molecular flexibility index (Phi) is 5.79. The molecule has 7 heteroatoms. The van der Waals surface area contributed by atoms with E-state index < -0.39 is 7.82 Å². The van der Waals surface area contributed by atoms with E-state index in [1.807, 2.05) is 42.5 Å². The maximum Gasteiger partial charge on any atom is 0.530 e. The fourth-order valence-electron chi connectivity index (χ4n) is 3.47. The molecule has 1 saturated carbocycles. The Labute approximate surface area is 158 Å². The minimum absolute atomic E-state index is 0.389. The highest BCUT2D eigenvalue weighted by atomic mass is 31.2. The van der Waals surface area contributed by atoms with Crippen molar-refractivity contribution in [1.82, 2.24) is 0 Å². The van der Waals surface area contributed by atoms with Crippen molar-refractivity contribution in [3.8, 4) is 11.5 Å². The zero-order chi connectivity index (χ0) is 18.5. The Bertz CT molecular complexity index is 771. The molecule has 27 heavy (non-hydrogen) atoms. The van der Waals surface area contributed by atoms with E-state index in [0.29, 0.717) is 31.7 Å². The molecule has 2 aromatic carbocycles. The molecule has 1 unspecified atom stereocenters. The average molecular weight is 390 g/mol. The zero-order valence-electron chi connectivity index (χ0n) is 15.0. The van der Waals surface area contributed by atoms with Crippen LogP contribution in [0.4, 0.5) is 0 Å². The fraction of sp³-hybridized carbons (Fsp3) is 0.400. The van der Waals surface area contributed by atoms with Crippen LogP contribution in [0, 0.1) is 5.92 Å². The SMILES string of the molecule is O=P1(OC[C@H]2CCC(c3ccc(OCCOc4ccccc4)cc3)C2)OO1. The predicted octanol–water partition coefficient (Wildman–Crippen LogP) is 5.11. The number of phosphoric acid groups is 1. The van der Waals surface area contributed by atoms with E-state index in [1.165, 1.54) is 5.56 Å². The first-order valence-corrected chi connectivity index (χ1v) is 10.7. The minimum atomic E-state index is -3.13. The van der Waals surface area contributed by atoms with Crippen LogP contribution >= 0.6 is 7.82 Å². The van der Waals surface area contributed by atoms with Gasteiger partial charge in [0.1, 0.15) is 24.7 Å². The lowest BCUT2D eigenvalue weighted by Gasteiger charge is -2.13. The summed E-state index contributed by atoms with van der Waals surface area (Å²) in [7, 11) is -3.13. The molecule has 0 amide bonds. The van der Waals surface area contributed by atoms with Gasteiger partial charge in [-0.1, -0.05) is 30.3 Å². The molecule has 4 rings (SSSR count). The summed E-state index contributed by atoms with van der Waals surface area (Å²) in [4.78, 5) is 0. The molecule has 2 fully saturated rings. The molecule has 2 aromatic rings. The van der Waals surface area contributed by atoms with Crippen molar-refractivity contribution in [2.75, 3.05) is 19.8 Å². The van der Waals surface area contributed by atoms with Crippen molar-refractivity contribution in [3.63, 3.8) is 0 Å². The van der Waals surface area contributed by atoms with Crippen molar-refractivity contribution in [3.05, 3.63) is 60.2 Å². The van der Waals surface area contributed by atoms with E-state index in [0.717, 1.165) is 30.8 Å². The maximum atomic E-state index is 11.4. The molecule has 0 bridgehead atoms. The first-order valence-electron chi connectivity index (χ1n) is 9.23. The highest BCUT2D eigenvalue weighted by molar-refractivity contribution is 7.52. The Morgan fingerprint density at radius 2 is 1.56 bits per heavy atom. The third-order valence-corrected chi connectivity index (χ3v) is 5.78. The number of hydrogen-bond acceptors (Lipinski definition) is 6. The minimum Gasteiger partial charge on any atom is -0.490 e. The highest BCUT2D eigenvalue weighted by Gasteiger charge is 2.46. The van der Waals surface area contributed by atoms with Gasteiger partial charge in [-0.25, -0.2) is 4.57 Å². The molecule has 1 heterocycles. The molecular formula is C20H23O6P. The molecular weight excluding hydrogens is 367 g/mol. The summed E-state index contributed by atoms with van der Waals surface area (Å²) in [6, 6.07) is 18.0. The van der Waals surface area contributed by atoms with Crippen LogP contribution in [0.1, 0.15) is 30.7 Å². The van der Waals surface area contributed by atoms with Gasteiger partial charge in [-0.05, 0) is 60.9 Å². The molecule has 0 radical (unpaired) electrons. The van der Waals surface area contributed by atoms with Gasteiger partial charge in [0.2, 0.25) is 0 Å². The van der Waals surface area contributed by atoms with Crippen LogP contribution in [-0.4, -0.2) is 19.8 Å². The maximum absolute atomic E-state index is 11.4. The van der Waals surface area contributed by atoms with Gasteiger partial charge in [0.15, 0.2) is 0 Å². The van der Waals surface area contributed by atoms with Crippen molar-refractivity contribution in [2.45, 2.75) is 25.2 Å². The van der Waals surface area contributed by atoms with Crippen LogP contribution in [0.15, 0.2) is 54.6 Å². The number of benzene rings is 2. The lowest BCUT2D eigenvalue weighted by atomic mass is 9.96. The van der Waals surface area contributed by atoms with Gasteiger partial charge in [-0.15, -0.1) is 9.35 Å². The van der Waals surface area contributed by atoms with E-state index in [4.69, 9.17) is 14.0 Å². The summed E-state index contributed by atoms with van der Waals surface area (Å²) >= 11 is 0. The molecule has 0 aromatic heterocycles. The third-order valence-electron chi connectivity index (χ3n) is 4.92. The molecule has 2 atom stereocenters. The zero-order valence-corrected chi connectivity index (χ0v) is 15.9. The van der Waals surface area contributed by atoms with E-state index in [9.17, 15) is 4.57 Å². The molecule has 0 N–H and O–H groups in total. The first kappa shape index (κ1) is 18.5. The Morgan fingerprint density at radius 3 is 2.22 bits per heavy atom. The van der Waals surface area contributed by atoms with Crippen molar-refractivity contribution in [1.29, 1.82) is 0 Å². The average Bonchev–Trinajstić information content (AvgIpc) is 3.26. The van der Waals surface area contributed by atoms with E-state index in [1.54, 1.807) is 0 Å². The van der Waals surface area contributed by atoms with Gasteiger partial charge >= 0.3 is 7.82 Å². The number of hydrogen-bond donors (Lipinski definition) is 0. The van der Waals surface area contributed by atoms with Gasteiger partial charge in [0.05, 0.1) is 6.61 Å². The predicted molar refractivity (Wildman–Crippen MR) is 99.7 cm³/mol. The fourth-order valence-corrected chi connectivity index (χ4v) is 4.17. The van der Waals surface area contributed by atoms with Crippen LogP contribution in [0.5, 0.6) is 11.5 Å². The second-order valence-corrected chi connectivity index (χ2v) is 8.30. The van der Waals surface area contributed by atoms with Crippen molar-refractivity contribution < 1.29 is 27.9 Å². The first-order chi connectivity index (χ1) is 13.2. The Hall–Kier alpha value is -1.85.